The minimum atomic E-state index is -0.517. The van der Waals surface area contributed by atoms with Crippen molar-refractivity contribution >= 4 is 22.7 Å². The van der Waals surface area contributed by atoms with Crippen LogP contribution in [-0.2, 0) is 16.6 Å². The van der Waals surface area contributed by atoms with E-state index < -0.39 is 5.92 Å². The molecule has 0 saturated carbocycles. The van der Waals surface area contributed by atoms with Gasteiger partial charge in [-0.3, -0.25) is 19.6 Å². The fraction of sp³-hybridized carbons (Fsp3) is 0.640. The quantitative estimate of drug-likeness (QED) is 0.693. The van der Waals surface area contributed by atoms with Crippen molar-refractivity contribution in [2.24, 2.45) is 13.0 Å². The van der Waals surface area contributed by atoms with Gasteiger partial charge < -0.3 is 10.2 Å². The Morgan fingerprint density at radius 1 is 1.09 bits per heavy atom. The molecule has 3 saturated heterocycles. The van der Waals surface area contributed by atoms with E-state index in [9.17, 15) is 9.59 Å². The van der Waals surface area contributed by atoms with Gasteiger partial charge in [0.25, 0.3) is 0 Å². The summed E-state index contributed by atoms with van der Waals surface area (Å²) in [5.74, 6) is -0.394. The molecule has 3 aliphatic heterocycles. The van der Waals surface area contributed by atoms with Crippen molar-refractivity contribution < 1.29 is 14.0 Å². The van der Waals surface area contributed by atoms with Crippen LogP contribution >= 0.6 is 0 Å². The molecule has 1 unspecified atom stereocenters. The standard InChI is InChI=1S/C25H34FN5O2/c1-15(16-7-11-27-12-8-16)31-13-9-17(10-14-31)18-3-4-19-23(29-30(2)24(19)22(18)26)20-5-6-21(32)28-25(20)33/h3-4,15-17,20,27H,5-14H2,1-2H3,(H,28,32,33)/t15-,20?/m0/s1. The van der Waals surface area contributed by atoms with Crippen molar-refractivity contribution in [1.82, 2.24) is 25.3 Å². The van der Waals surface area contributed by atoms with Gasteiger partial charge in [-0.05, 0) is 82.6 Å². The summed E-state index contributed by atoms with van der Waals surface area (Å²) in [6, 6.07) is 4.39. The maximum absolute atomic E-state index is 15.8. The molecule has 7 nitrogen and oxygen atoms in total. The van der Waals surface area contributed by atoms with E-state index >= 15 is 4.39 Å². The van der Waals surface area contributed by atoms with Crippen LogP contribution in [0.15, 0.2) is 12.1 Å². The number of piperidine rings is 3. The van der Waals surface area contributed by atoms with Gasteiger partial charge in [0.2, 0.25) is 11.8 Å². The molecule has 1 aromatic heterocycles. The number of benzene rings is 1. The van der Waals surface area contributed by atoms with Gasteiger partial charge in [0.1, 0.15) is 5.52 Å². The van der Waals surface area contributed by atoms with Crippen LogP contribution in [0.5, 0.6) is 0 Å². The number of amides is 2. The molecule has 0 aliphatic carbocycles. The van der Waals surface area contributed by atoms with Crippen molar-refractivity contribution in [1.29, 1.82) is 0 Å². The second kappa shape index (κ2) is 9.14. The van der Waals surface area contributed by atoms with Crippen LogP contribution in [0, 0.1) is 11.7 Å². The number of nitrogens with zero attached hydrogens (tertiary/aromatic N) is 3. The van der Waals surface area contributed by atoms with Crippen molar-refractivity contribution in [3.63, 3.8) is 0 Å². The highest BCUT2D eigenvalue weighted by molar-refractivity contribution is 6.02. The molecule has 4 heterocycles. The van der Waals surface area contributed by atoms with Gasteiger partial charge in [0.05, 0.1) is 11.6 Å². The zero-order valence-electron chi connectivity index (χ0n) is 19.6. The van der Waals surface area contributed by atoms with Crippen molar-refractivity contribution in [3.05, 3.63) is 29.2 Å². The number of rotatable bonds is 4. The van der Waals surface area contributed by atoms with Crippen molar-refractivity contribution in [3.8, 4) is 0 Å². The number of halogens is 1. The van der Waals surface area contributed by atoms with Gasteiger partial charge in [-0.25, -0.2) is 4.39 Å². The van der Waals surface area contributed by atoms with Gasteiger partial charge >= 0.3 is 0 Å². The minimum absolute atomic E-state index is 0.194. The highest BCUT2D eigenvalue weighted by Gasteiger charge is 2.34. The number of fused-ring (bicyclic) bond motifs is 1. The maximum Gasteiger partial charge on any atom is 0.235 e. The number of imide groups is 1. The molecular weight excluding hydrogens is 421 g/mol. The topological polar surface area (TPSA) is 79.3 Å². The fourth-order valence-corrected chi connectivity index (χ4v) is 6.14. The van der Waals surface area contributed by atoms with Gasteiger partial charge in [-0.1, -0.05) is 12.1 Å². The summed E-state index contributed by atoms with van der Waals surface area (Å²) in [6.45, 7) is 6.58. The van der Waals surface area contributed by atoms with Crippen LogP contribution in [0.1, 0.15) is 68.5 Å². The zero-order valence-corrected chi connectivity index (χ0v) is 19.6. The predicted molar refractivity (Wildman–Crippen MR) is 124 cm³/mol. The van der Waals surface area contributed by atoms with E-state index in [2.05, 4.69) is 27.6 Å². The number of likely N-dealkylation sites (tertiary alicyclic amines) is 1. The molecular formula is C25H34FN5O2. The average molecular weight is 456 g/mol. The van der Waals surface area contributed by atoms with E-state index in [-0.39, 0.29) is 30.0 Å². The molecule has 3 aliphatic rings. The summed E-state index contributed by atoms with van der Waals surface area (Å²) in [6.07, 6.45) is 5.08. The molecule has 8 heteroatoms. The van der Waals surface area contributed by atoms with Gasteiger partial charge in [0.15, 0.2) is 5.82 Å². The van der Waals surface area contributed by atoms with E-state index in [1.165, 1.54) is 12.8 Å². The van der Waals surface area contributed by atoms with Crippen LogP contribution < -0.4 is 10.6 Å². The Bertz CT molecular complexity index is 1050. The van der Waals surface area contributed by atoms with Crippen LogP contribution in [0.3, 0.4) is 0 Å². The van der Waals surface area contributed by atoms with E-state index in [0.29, 0.717) is 29.1 Å². The molecule has 0 radical (unpaired) electrons. The lowest BCUT2D eigenvalue weighted by molar-refractivity contribution is -0.134. The molecule has 5 rings (SSSR count). The van der Waals surface area contributed by atoms with Crippen LogP contribution in [-0.4, -0.2) is 58.7 Å². The molecule has 178 valence electrons. The van der Waals surface area contributed by atoms with Gasteiger partial charge in [0, 0.05) is 24.9 Å². The third-order valence-corrected chi connectivity index (χ3v) is 8.18. The lowest BCUT2D eigenvalue weighted by Gasteiger charge is -2.41. The normalized spacial score (nSPS) is 24.9. The second-order valence-electron chi connectivity index (χ2n) is 10.0. The highest BCUT2D eigenvalue weighted by atomic mass is 19.1. The Labute approximate surface area is 194 Å². The first-order chi connectivity index (χ1) is 15.9. The monoisotopic (exact) mass is 455 g/mol. The SMILES string of the molecule is C[C@@H](C1CCNCC1)N1CCC(c2ccc3c(C4CCC(=O)NC4=O)nn(C)c3c2F)CC1. The van der Waals surface area contributed by atoms with Gasteiger partial charge in [-0.15, -0.1) is 0 Å². The summed E-state index contributed by atoms with van der Waals surface area (Å²) >= 11 is 0. The molecule has 2 amide bonds. The fourth-order valence-electron chi connectivity index (χ4n) is 6.14. The number of carbonyl (C=O) groups excluding carboxylic acids is 2. The Morgan fingerprint density at radius 3 is 2.52 bits per heavy atom. The average Bonchev–Trinajstić information content (AvgIpc) is 3.16. The second-order valence-corrected chi connectivity index (χ2v) is 10.0. The number of hydrogen-bond donors (Lipinski definition) is 2. The van der Waals surface area contributed by atoms with Crippen LogP contribution in [0.2, 0.25) is 0 Å². The number of nitrogens with one attached hydrogen (secondary N) is 2. The van der Waals surface area contributed by atoms with Crippen molar-refractivity contribution in [2.75, 3.05) is 26.2 Å². The molecule has 1 aromatic carbocycles. The summed E-state index contributed by atoms with van der Waals surface area (Å²) in [7, 11) is 1.73. The Balaban J connectivity index is 1.34. The number of carbonyl (C=O) groups is 2. The van der Waals surface area contributed by atoms with Crippen LogP contribution in [0.4, 0.5) is 4.39 Å². The Kier molecular flexibility index (Phi) is 6.22. The maximum atomic E-state index is 15.8. The third-order valence-electron chi connectivity index (χ3n) is 8.18. The molecule has 3 fully saturated rings. The Hall–Kier alpha value is -2.32. The molecule has 2 N–H and O–H groups in total. The first-order valence-electron chi connectivity index (χ1n) is 12.4. The largest absolute Gasteiger partial charge is 0.317 e. The van der Waals surface area contributed by atoms with E-state index in [1.54, 1.807) is 11.7 Å². The summed E-state index contributed by atoms with van der Waals surface area (Å²) in [5.41, 5.74) is 1.78. The van der Waals surface area contributed by atoms with Crippen molar-refractivity contribution in [2.45, 2.75) is 63.3 Å². The third kappa shape index (κ3) is 4.19. The summed E-state index contributed by atoms with van der Waals surface area (Å²) in [5, 5.41) is 11.0. The first-order valence-corrected chi connectivity index (χ1v) is 12.4. The Morgan fingerprint density at radius 2 is 1.82 bits per heavy atom. The lowest BCUT2D eigenvalue weighted by atomic mass is 9.85. The smallest absolute Gasteiger partial charge is 0.235 e. The van der Waals surface area contributed by atoms with E-state index in [1.807, 2.05) is 12.1 Å². The highest BCUT2D eigenvalue weighted by Crippen LogP contribution is 2.37. The molecule has 2 atom stereocenters. The van der Waals surface area contributed by atoms with Gasteiger partial charge in [-0.2, -0.15) is 5.10 Å². The van der Waals surface area contributed by atoms with E-state index in [0.717, 1.165) is 50.5 Å². The molecule has 0 bridgehead atoms. The van der Waals surface area contributed by atoms with E-state index in [4.69, 9.17) is 0 Å². The number of aryl methyl sites for hydroxylation is 1. The van der Waals surface area contributed by atoms with Crippen LogP contribution in [0.25, 0.3) is 10.9 Å². The lowest BCUT2D eigenvalue weighted by Crippen LogP contribution is -2.46. The predicted octanol–water partition coefficient (Wildman–Crippen LogP) is 2.80. The summed E-state index contributed by atoms with van der Waals surface area (Å²) in [4.78, 5) is 26.5. The number of hydrogen-bond acceptors (Lipinski definition) is 5. The number of aromatic nitrogens is 2. The zero-order chi connectivity index (χ0) is 23.1. The molecule has 2 aromatic rings. The summed E-state index contributed by atoms with van der Waals surface area (Å²) < 4.78 is 17.3. The molecule has 0 spiro atoms. The first kappa shape index (κ1) is 22.5. The minimum Gasteiger partial charge on any atom is -0.317 e. The molecule has 33 heavy (non-hydrogen) atoms.